The zero-order valence-corrected chi connectivity index (χ0v) is 11.6. The first-order valence-electron chi connectivity index (χ1n) is 7.04. The Bertz CT molecular complexity index is 555. The summed E-state index contributed by atoms with van der Waals surface area (Å²) in [5.74, 6) is 1.82. The Labute approximate surface area is 114 Å². The average Bonchev–Trinajstić information content (AvgIpc) is 2.77. The molecule has 0 radical (unpaired) electrons. The summed E-state index contributed by atoms with van der Waals surface area (Å²) in [5.41, 5.74) is 2.88. The minimum Gasteiger partial charge on any atom is -0.336 e. The molecule has 0 saturated heterocycles. The number of nitrogens with one attached hydrogen (secondary N) is 1. The molecule has 1 fully saturated rings. The first-order valence-corrected chi connectivity index (χ1v) is 7.04. The molecule has 1 heterocycles. The highest BCUT2D eigenvalue weighted by Gasteiger charge is 2.26. The van der Waals surface area contributed by atoms with Gasteiger partial charge in [-0.2, -0.15) is 0 Å². The Morgan fingerprint density at radius 3 is 2.68 bits per heavy atom. The number of imidazole rings is 1. The van der Waals surface area contributed by atoms with Crippen LogP contribution in [0, 0.1) is 0 Å². The third-order valence-corrected chi connectivity index (χ3v) is 4.26. The minimum atomic E-state index is 0.178. The number of aryl methyl sites for hydroxylation is 1. The molecule has 1 aromatic carbocycles. The lowest BCUT2D eigenvalue weighted by Gasteiger charge is -2.30. The molecule has 0 spiro atoms. The van der Waals surface area contributed by atoms with Gasteiger partial charge in [-0.15, -0.1) is 0 Å². The summed E-state index contributed by atoms with van der Waals surface area (Å²) in [4.78, 5) is 4.51. The van der Waals surface area contributed by atoms with Crippen LogP contribution in [-0.2, 0) is 7.05 Å². The molecule has 0 amide bonds. The van der Waals surface area contributed by atoms with Gasteiger partial charge < -0.3 is 9.88 Å². The van der Waals surface area contributed by atoms with E-state index < -0.39 is 0 Å². The van der Waals surface area contributed by atoms with Crippen LogP contribution in [0.25, 0.3) is 0 Å². The van der Waals surface area contributed by atoms with Crippen molar-refractivity contribution in [2.24, 2.45) is 7.05 Å². The van der Waals surface area contributed by atoms with E-state index in [-0.39, 0.29) is 6.04 Å². The van der Waals surface area contributed by atoms with Gasteiger partial charge in [-0.25, -0.2) is 4.98 Å². The molecule has 1 aliphatic rings. The van der Waals surface area contributed by atoms with Gasteiger partial charge in [0.25, 0.3) is 0 Å². The maximum atomic E-state index is 4.51. The van der Waals surface area contributed by atoms with Crippen LogP contribution >= 0.6 is 0 Å². The van der Waals surface area contributed by atoms with Crippen molar-refractivity contribution < 1.29 is 0 Å². The summed E-state index contributed by atoms with van der Waals surface area (Å²) in [6.45, 7) is 0. The van der Waals surface area contributed by atoms with Crippen LogP contribution in [0.4, 0.5) is 0 Å². The van der Waals surface area contributed by atoms with Crippen molar-refractivity contribution in [1.29, 1.82) is 0 Å². The second kappa shape index (κ2) is 5.17. The van der Waals surface area contributed by atoms with Crippen LogP contribution in [0.1, 0.15) is 48.2 Å². The minimum absolute atomic E-state index is 0.178. The molecule has 1 aliphatic carbocycles. The summed E-state index contributed by atoms with van der Waals surface area (Å²) in [7, 11) is 4.07. The van der Waals surface area contributed by atoms with E-state index >= 15 is 0 Å². The van der Waals surface area contributed by atoms with Gasteiger partial charge in [0.15, 0.2) is 0 Å². The van der Waals surface area contributed by atoms with Crippen LogP contribution in [0.2, 0.25) is 0 Å². The topological polar surface area (TPSA) is 29.9 Å². The van der Waals surface area contributed by atoms with Crippen molar-refractivity contribution in [3.63, 3.8) is 0 Å². The molecule has 1 aromatic heterocycles. The first-order chi connectivity index (χ1) is 9.31. The molecule has 3 rings (SSSR count). The third-order valence-electron chi connectivity index (χ3n) is 4.26. The number of hydrogen-bond donors (Lipinski definition) is 1. The number of nitrogens with zero attached hydrogens (tertiary/aromatic N) is 2. The second-order valence-electron chi connectivity index (χ2n) is 5.37. The number of rotatable bonds is 4. The highest BCUT2D eigenvalue weighted by atomic mass is 15.1. The second-order valence-corrected chi connectivity index (χ2v) is 5.37. The summed E-state index contributed by atoms with van der Waals surface area (Å²) in [6, 6.07) is 8.99. The fraction of sp³-hybridized carbons (Fsp3) is 0.438. The van der Waals surface area contributed by atoms with E-state index in [1.807, 2.05) is 19.4 Å². The van der Waals surface area contributed by atoms with Crippen molar-refractivity contribution in [1.82, 2.24) is 14.9 Å². The monoisotopic (exact) mass is 255 g/mol. The van der Waals surface area contributed by atoms with E-state index in [1.165, 1.54) is 30.4 Å². The fourth-order valence-corrected chi connectivity index (χ4v) is 2.94. The van der Waals surface area contributed by atoms with Gasteiger partial charge in [0.1, 0.15) is 5.82 Å². The quantitative estimate of drug-likeness (QED) is 0.910. The van der Waals surface area contributed by atoms with Gasteiger partial charge >= 0.3 is 0 Å². The van der Waals surface area contributed by atoms with Crippen LogP contribution in [-0.4, -0.2) is 16.6 Å². The Kier molecular flexibility index (Phi) is 3.38. The fourth-order valence-electron chi connectivity index (χ4n) is 2.94. The number of hydrogen-bond acceptors (Lipinski definition) is 2. The lowest BCUT2D eigenvalue weighted by atomic mass is 9.77. The molecular weight excluding hydrogens is 234 g/mol. The van der Waals surface area contributed by atoms with Crippen molar-refractivity contribution in [3.05, 3.63) is 53.6 Å². The van der Waals surface area contributed by atoms with Crippen molar-refractivity contribution in [3.8, 4) is 0 Å². The predicted molar refractivity (Wildman–Crippen MR) is 77.1 cm³/mol. The van der Waals surface area contributed by atoms with Crippen LogP contribution in [0.15, 0.2) is 36.7 Å². The van der Waals surface area contributed by atoms with Crippen molar-refractivity contribution in [2.45, 2.75) is 31.2 Å². The summed E-state index contributed by atoms with van der Waals surface area (Å²) in [6.07, 6.45) is 7.89. The van der Waals surface area contributed by atoms with Crippen LogP contribution in [0.5, 0.6) is 0 Å². The van der Waals surface area contributed by atoms with Gasteiger partial charge in [-0.3, -0.25) is 0 Å². The zero-order chi connectivity index (χ0) is 13.2. The maximum absolute atomic E-state index is 4.51. The normalized spacial score (nSPS) is 17.2. The molecule has 19 heavy (non-hydrogen) atoms. The average molecular weight is 255 g/mol. The highest BCUT2D eigenvalue weighted by Crippen LogP contribution is 2.40. The van der Waals surface area contributed by atoms with E-state index in [2.05, 4.69) is 46.2 Å². The lowest BCUT2D eigenvalue weighted by Crippen LogP contribution is -2.24. The van der Waals surface area contributed by atoms with Crippen molar-refractivity contribution >= 4 is 0 Å². The molecule has 1 saturated carbocycles. The SMILES string of the molecule is CNC(c1ccccc1C1CCC1)c1nccn1C. The number of aromatic nitrogens is 2. The van der Waals surface area contributed by atoms with E-state index in [0.717, 1.165) is 11.7 Å². The molecule has 2 aromatic rings. The summed E-state index contributed by atoms with van der Waals surface area (Å²) >= 11 is 0. The first kappa shape index (κ1) is 12.4. The molecule has 100 valence electrons. The third kappa shape index (κ3) is 2.19. The lowest BCUT2D eigenvalue weighted by molar-refractivity contribution is 0.414. The molecule has 1 atom stereocenters. The number of benzene rings is 1. The molecule has 3 heteroatoms. The molecule has 3 nitrogen and oxygen atoms in total. The highest BCUT2D eigenvalue weighted by molar-refractivity contribution is 5.37. The van der Waals surface area contributed by atoms with Gasteiger partial charge in [0, 0.05) is 19.4 Å². The zero-order valence-electron chi connectivity index (χ0n) is 11.6. The van der Waals surface area contributed by atoms with E-state index in [0.29, 0.717) is 0 Å². The molecule has 0 bridgehead atoms. The molecule has 1 unspecified atom stereocenters. The Balaban J connectivity index is 2.02. The summed E-state index contributed by atoms with van der Waals surface area (Å²) < 4.78 is 2.10. The Hall–Kier alpha value is -1.61. The Morgan fingerprint density at radius 1 is 1.32 bits per heavy atom. The molecule has 0 aliphatic heterocycles. The largest absolute Gasteiger partial charge is 0.336 e. The molecule has 1 N–H and O–H groups in total. The van der Waals surface area contributed by atoms with Crippen LogP contribution in [0.3, 0.4) is 0 Å². The van der Waals surface area contributed by atoms with Gasteiger partial charge in [-0.1, -0.05) is 30.7 Å². The van der Waals surface area contributed by atoms with Gasteiger partial charge in [-0.05, 0) is 36.9 Å². The maximum Gasteiger partial charge on any atom is 0.130 e. The molecular formula is C16H21N3. The Morgan fingerprint density at radius 2 is 2.11 bits per heavy atom. The van der Waals surface area contributed by atoms with E-state index in [4.69, 9.17) is 0 Å². The standard InChI is InChI=1S/C16H21N3/c1-17-15(16-18-10-11-19(16)2)14-9-4-3-8-13(14)12-6-5-7-12/h3-4,8-12,15,17H,5-7H2,1-2H3. The van der Waals surface area contributed by atoms with Crippen LogP contribution < -0.4 is 5.32 Å². The van der Waals surface area contributed by atoms with E-state index in [9.17, 15) is 0 Å². The van der Waals surface area contributed by atoms with E-state index in [1.54, 1.807) is 0 Å². The predicted octanol–water partition coefficient (Wildman–Crippen LogP) is 3.00. The van der Waals surface area contributed by atoms with Gasteiger partial charge in [0.2, 0.25) is 0 Å². The van der Waals surface area contributed by atoms with Gasteiger partial charge in [0.05, 0.1) is 6.04 Å². The summed E-state index contributed by atoms with van der Waals surface area (Å²) in [5, 5.41) is 3.42. The smallest absolute Gasteiger partial charge is 0.130 e. The van der Waals surface area contributed by atoms with Crippen molar-refractivity contribution in [2.75, 3.05) is 7.05 Å².